The lowest BCUT2D eigenvalue weighted by Gasteiger charge is -2.74. The van der Waals surface area contributed by atoms with Crippen molar-refractivity contribution in [3.8, 4) is 0 Å². The molecule has 0 aromatic heterocycles. The molecule has 4 N–H and O–H groups in total. The third kappa shape index (κ3) is 1.41. The molecule has 0 amide bonds. The number of rotatable bonds is 0. The standard InChI is InChI=1S/C20H28O6/c1-9-10-4-5-11-18-8-26-20(25,19(11,14(9)22)15(10)23)16(24)13(18)17(2,3)7-6-12(18)21/h10-13,15-16,21,23-25H,1,4-8H2,2-3H3/t10-,11?,12+,13?,15?,16-,18?,19+,20?/m0/s1. The first-order valence-electron chi connectivity index (χ1n) is 9.71. The van der Waals surface area contributed by atoms with Crippen molar-refractivity contribution in [3.05, 3.63) is 12.2 Å². The van der Waals surface area contributed by atoms with Crippen LogP contribution in [-0.4, -0.2) is 56.9 Å². The van der Waals surface area contributed by atoms with Crippen LogP contribution in [0.4, 0.5) is 0 Å². The fraction of sp³-hybridized carbons (Fsp3) is 0.850. The van der Waals surface area contributed by atoms with Crippen molar-refractivity contribution in [2.24, 2.45) is 34.0 Å². The highest BCUT2D eigenvalue weighted by Gasteiger charge is 2.86. The molecule has 6 nitrogen and oxygen atoms in total. The lowest BCUT2D eigenvalue weighted by Crippen LogP contribution is -2.85. The van der Waals surface area contributed by atoms with E-state index in [-0.39, 0.29) is 12.0 Å². The van der Waals surface area contributed by atoms with Gasteiger partial charge in [-0.15, -0.1) is 0 Å². The SMILES string of the molecule is C=C1C(=O)[C@@]23C(O)[C@H]1CCC2C12COC3(O)[C@@H](O)C1C(C)(C)CC[C@H]2O. The van der Waals surface area contributed by atoms with Crippen LogP contribution in [0.5, 0.6) is 0 Å². The third-order valence-electron chi connectivity index (χ3n) is 8.88. The fourth-order valence-electron chi connectivity index (χ4n) is 7.90. The number of aliphatic hydroxyl groups is 4. The maximum atomic E-state index is 13.3. The molecule has 0 aromatic carbocycles. The summed E-state index contributed by atoms with van der Waals surface area (Å²) in [4.78, 5) is 13.3. The molecule has 2 aliphatic heterocycles. The van der Waals surface area contributed by atoms with Crippen molar-refractivity contribution in [1.29, 1.82) is 0 Å². The first kappa shape index (κ1) is 17.3. The fourth-order valence-corrected chi connectivity index (χ4v) is 7.90. The van der Waals surface area contributed by atoms with Crippen LogP contribution in [0.15, 0.2) is 12.2 Å². The lowest BCUT2D eigenvalue weighted by atomic mass is 9.35. The maximum absolute atomic E-state index is 13.3. The predicted molar refractivity (Wildman–Crippen MR) is 90.7 cm³/mol. The number of carbonyl (C=O) groups is 1. The molecule has 4 saturated carbocycles. The summed E-state index contributed by atoms with van der Waals surface area (Å²) >= 11 is 0. The number of ketones is 1. The van der Waals surface area contributed by atoms with Gasteiger partial charge in [-0.25, -0.2) is 0 Å². The molecule has 4 aliphatic carbocycles. The largest absolute Gasteiger partial charge is 0.392 e. The van der Waals surface area contributed by atoms with Crippen LogP contribution in [0.3, 0.4) is 0 Å². The van der Waals surface area contributed by atoms with E-state index in [4.69, 9.17) is 4.74 Å². The summed E-state index contributed by atoms with van der Waals surface area (Å²) in [6, 6.07) is 0. The Kier molecular flexibility index (Phi) is 3.07. The highest BCUT2D eigenvalue weighted by atomic mass is 16.6. The Bertz CT molecular complexity index is 717. The number of ether oxygens (including phenoxy) is 1. The molecule has 0 radical (unpaired) electrons. The highest BCUT2D eigenvalue weighted by Crippen LogP contribution is 2.76. The zero-order valence-corrected chi connectivity index (χ0v) is 15.3. The maximum Gasteiger partial charge on any atom is 0.208 e. The van der Waals surface area contributed by atoms with E-state index in [9.17, 15) is 25.2 Å². The van der Waals surface area contributed by atoms with E-state index in [0.717, 1.165) is 6.42 Å². The van der Waals surface area contributed by atoms with E-state index in [0.29, 0.717) is 24.8 Å². The molecule has 6 heteroatoms. The third-order valence-corrected chi connectivity index (χ3v) is 8.88. The lowest BCUT2D eigenvalue weighted by molar-refractivity contribution is -0.458. The number of Topliss-reactive ketones (excluding diaryl/α,β-unsaturated/α-hetero) is 1. The molecular formula is C20H28O6. The molecule has 6 aliphatic rings. The van der Waals surface area contributed by atoms with Crippen molar-refractivity contribution < 1.29 is 30.0 Å². The number of hydrogen-bond donors (Lipinski definition) is 4. The Morgan fingerprint density at radius 3 is 2.50 bits per heavy atom. The van der Waals surface area contributed by atoms with Gasteiger partial charge in [0.05, 0.1) is 18.8 Å². The molecule has 2 spiro atoms. The first-order valence-corrected chi connectivity index (χ1v) is 9.71. The summed E-state index contributed by atoms with van der Waals surface area (Å²) < 4.78 is 5.80. The van der Waals surface area contributed by atoms with Gasteiger partial charge in [0.1, 0.15) is 11.5 Å². The summed E-state index contributed by atoms with van der Waals surface area (Å²) in [6.07, 6.45) is -0.747. The monoisotopic (exact) mass is 364 g/mol. The molecule has 2 saturated heterocycles. The van der Waals surface area contributed by atoms with E-state index in [1.807, 2.05) is 13.8 Å². The zero-order valence-electron chi connectivity index (χ0n) is 15.3. The van der Waals surface area contributed by atoms with Crippen molar-refractivity contribution in [3.63, 3.8) is 0 Å². The van der Waals surface area contributed by atoms with Crippen molar-refractivity contribution >= 4 is 5.78 Å². The van der Waals surface area contributed by atoms with E-state index in [1.165, 1.54) is 0 Å². The van der Waals surface area contributed by atoms with Crippen LogP contribution >= 0.6 is 0 Å². The summed E-state index contributed by atoms with van der Waals surface area (Å²) in [5, 5.41) is 45.1. The highest BCUT2D eigenvalue weighted by molar-refractivity contribution is 6.05. The summed E-state index contributed by atoms with van der Waals surface area (Å²) in [5.74, 6) is -3.80. The molecule has 4 bridgehead atoms. The Morgan fingerprint density at radius 1 is 1.12 bits per heavy atom. The quantitative estimate of drug-likeness (QED) is 0.463. The number of fused-ring (bicyclic) bond motifs is 2. The van der Waals surface area contributed by atoms with Gasteiger partial charge in [-0.3, -0.25) is 4.79 Å². The second-order valence-electron chi connectivity index (χ2n) is 9.97. The Hall–Kier alpha value is -0.790. The van der Waals surface area contributed by atoms with Gasteiger partial charge in [0.15, 0.2) is 5.78 Å². The normalized spacial score (nSPS) is 59.9. The molecule has 6 rings (SSSR count). The van der Waals surface area contributed by atoms with Crippen LogP contribution in [0.25, 0.3) is 0 Å². The molecule has 0 aromatic rings. The van der Waals surface area contributed by atoms with Crippen LogP contribution < -0.4 is 0 Å². The van der Waals surface area contributed by atoms with Gasteiger partial charge in [-0.05, 0) is 42.6 Å². The second-order valence-corrected chi connectivity index (χ2v) is 9.97. The molecule has 26 heavy (non-hydrogen) atoms. The molecular weight excluding hydrogens is 336 g/mol. The Morgan fingerprint density at radius 2 is 1.81 bits per heavy atom. The number of aliphatic hydroxyl groups excluding tert-OH is 3. The first-order chi connectivity index (χ1) is 12.1. The molecule has 5 unspecified atom stereocenters. The summed E-state index contributed by atoms with van der Waals surface area (Å²) in [7, 11) is 0. The molecule has 6 fully saturated rings. The van der Waals surface area contributed by atoms with Crippen molar-refractivity contribution in [2.45, 2.75) is 63.6 Å². The minimum absolute atomic E-state index is 0.0966. The molecule has 144 valence electrons. The average Bonchev–Trinajstić information content (AvgIpc) is 2.69. The molecule has 2 heterocycles. The van der Waals surface area contributed by atoms with E-state index in [1.54, 1.807) is 0 Å². The Labute approximate surface area is 152 Å². The minimum atomic E-state index is -2.15. The van der Waals surface area contributed by atoms with Gasteiger partial charge in [-0.1, -0.05) is 20.4 Å². The predicted octanol–water partition coefficient (Wildman–Crippen LogP) is 0.376. The van der Waals surface area contributed by atoms with Gasteiger partial charge in [0, 0.05) is 17.3 Å². The summed E-state index contributed by atoms with van der Waals surface area (Å²) in [5.41, 5.74) is -2.49. The summed E-state index contributed by atoms with van der Waals surface area (Å²) in [6.45, 7) is 8.07. The van der Waals surface area contributed by atoms with E-state index in [2.05, 4.69) is 6.58 Å². The van der Waals surface area contributed by atoms with Crippen LogP contribution in [0, 0.1) is 34.0 Å². The smallest absolute Gasteiger partial charge is 0.208 e. The van der Waals surface area contributed by atoms with E-state index >= 15 is 0 Å². The second kappa shape index (κ2) is 4.61. The zero-order chi connectivity index (χ0) is 18.9. The van der Waals surface area contributed by atoms with Gasteiger partial charge in [0.2, 0.25) is 5.79 Å². The minimum Gasteiger partial charge on any atom is -0.392 e. The van der Waals surface area contributed by atoms with Crippen molar-refractivity contribution in [1.82, 2.24) is 0 Å². The van der Waals surface area contributed by atoms with Gasteiger partial charge in [-0.2, -0.15) is 0 Å². The Balaban J connectivity index is 1.81. The van der Waals surface area contributed by atoms with Crippen LogP contribution in [0.1, 0.15) is 39.5 Å². The average molecular weight is 364 g/mol. The number of carbonyl (C=O) groups excluding carboxylic acids is 1. The van der Waals surface area contributed by atoms with Crippen molar-refractivity contribution in [2.75, 3.05) is 6.61 Å². The topological polar surface area (TPSA) is 107 Å². The van der Waals surface area contributed by atoms with Gasteiger partial charge < -0.3 is 25.2 Å². The van der Waals surface area contributed by atoms with Gasteiger partial charge in [0.25, 0.3) is 0 Å². The van der Waals surface area contributed by atoms with Crippen LogP contribution in [0.2, 0.25) is 0 Å². The van der Waals surface area contributed by atoms with Crippen LogP contribution in [-0.2, 0) is 9.53 Å². The number of hydrogen-bond acceptors (Lipinski definition) is 6. The van der Waals surface area contributed by atoms with E-state index < -0.39 is 58.5 Å². The van der Waals surface area contributed by atoms with Gasteiger partial charge >= 0.3 is 0 Å². The molecule has 9 atom stereocenters.